The molecule has 0 radical (unpaired) electrons. The first kappa shape index (κ1) is 23.7. The second-order valence-electron chi connectivity index (χ2n) is 9.96. The highest BCUT2D eigenvalue weighted by molar-refractivity contribution is 5.85. The van der Waals surface area contributed by atoms with E-state index in [4.69, 9.17) is 5.73 Å². The van der Waals surface area contributed by atoms with Gasteiger partial charge < -0.3 is 15.7 Å². The molecule has 5 rings (SSSR count). The van der Waals surface area contributed by atoms with Crippen LogP contribution in [0.1, 0.15) is 49.3 Å². The Balaban J connectivity index is 1.27. The number of aromatic amines is 2. The predicted octanol–water partition coefficient (Wildman–Crippen LogP) is 3.37. The van der Waals surface area contributed by atoms with E-state index in [1.54, 1.807) is 12.4 Å². The normalized spacial score (nSPS) is 19.2. The summed E-state index contributed by atoms with van der Waals surface area (Å²) in [4.78, 5) is 32.7. The number of urea groups is 1. The van der Waals surface area contributed by atoms with Gasteiger partial charge in [-0.2, -0.15) is 0 Å². The van der Waals surface area contributed by atoms with Crippen LogP contribution >= 0.6 is 0 Å². The van der Waals surface area contributed by atoms with Gasteiger partial charge in [-0.3, -0.25) is 9.80 Å². The number of primary amides is 1. The summed E-state index contributed by atoms with van der Waals surface area (Å²) in [6.45, 7) is 5.46. The van der Waals surface area contributed by atoms with Crippen LogP contribution in [0, 0.1) is 0 Å². The van der Waals surface area contributed by atoms with E-state index in [0.29, 0.717) is 19.1 Å². The van der Waals surface area contributed by atoms with Gasteiger partial charge in [0.1, 0.15) is 30.4 Å². The minimum Gasteiger partial charge on any atom is -0.348 e. The Kier molecular flexibility index (Phi) is 7.26. The monoisotopic (exact) mass is 477 g/mol. The van der Waals surface area contributed by atoms with Crippen LogP contribution in [0.15, 0.2) is 49.1 Å². The number of carbonyl (C=O) groups is 1. The van der Waals surface area contributed by atoms with Crippen LogP contribution in [0.4, 0.5) is 10.5 Å². The number of hydrogen-bond acceptors (Lipinski definition) is 5. The van der Waals surface area contributed by atoms with Crippen LogP contribution in [0.2, 0.25) is 0 Å². The molecule has 9 nitrogen and oxygen atoms in total. The lowest BCUT2D eigenvalue weighted by Crippen LogP contribution is -2.66. The van der Waals surface area contributed by atoms with Gasteiger partial charge in [0.05, 0.1) is 13.1 Å². The van der Waals surface area contributed by atoms with Crippen molar-refractivity contribution in [1.82, 2.24) is 34.2 Å². The van der Waals surface area contributed by atoms with Crippen LogP contribution < -0.4 is 10.2 Å². The molecule has 2 aromatic heterocycles. The third kappa shape index (κ3) is 5.47. The molecular formula is C26H37N8O+. The van der Waals surface area contributed by atoms with Crippen LogP contribution in [-0.4, -0.2) is 68.0 Å². The first-order valence-corrected chi connectivity index (χ1v) is 12.8. The van der Waals surface area contributed by atoms with Crippen molar-refractivity contribution in [2.24, 2.45) is 5.73 Å². The van der Waals surface area contributed by atoms with Crippen molar-refractivity contribution in [2.75, 3.05) is 26.2 Å². The topological polar surface area (TPSA) is 107 Å². The number of quaternary nitrogens is 1. The Morgan fingerprint density at radius 1 is 0.943 bits per heavy atom. The summed E-state index contributed by atoms with van der Waals surface area (Å²) in [5, 5.41) is 0. The van der Waals surface area contributed by atoms with Crippen LogP contribution in [0.3, 0.4) is 0 Å². The predicted molar refractivity (Wildman–Crippen MR) is 136 cm³/mol. The summed E-state index contributed by atoms with van der Waals surface area (Å²) < 4.78 is 0.242. The van der Waals surface area contributed by atoms with Crippen LogP contribution in [-0.2, 0) is 19.6 Å². The molecule has 1 aromatic carbocycles. The molecule has 0 spiro atoms. The molecule has 1 aliphatic carbocycles. The van der Waals surface area contributed by atoms with Crippen LogP contribution in [0.25, 0.3) is 0 Å². The second kappa shape index (κ2) is 10.7. The molecule has 35 heavy (non-hydrogen) atoms. The number of aromatic nitrogens is 4. The molecule has 1 saturated carbocycles. The van der Waals surface area contributed by atoms with Crippen molar-refractivity contribution < 1.29 is 4.79 Å². The van der Waals surface area contributed by atoms with Crippen molar-refractivity contribution in [2.45, 2.75) is 57.8 Å². The van der Waals surface area contributed by atoms with Gasteiger partial charge in [-0.1, -0.05) is 31.4 Å². The van der Waals surface area contributed by atoms with Gasteiger partial charge in [0.25, 0.3) is 0 Å². The van der Waals surface area contributed by atoms with Gasteiger partial charge in [0, 0.05) is 62.6 Å². The zero-order valence-electron chi connectivity index (χ0n) is 20.4. The molecule has 1 saturated heterocycles. The van der Waals surface area contributed by atoms with Crippen molar-refractivity contribution in [3.05, 3.63) is 66.3 Å². The number of nitrogens with two attached hydrogens (primary N) is 1. The summed E-state index contributed by atoms with van der Waals surface area (Å²) in [6, 6.07) is 8.86. The van der Waals surface area contributed by atoms with E-state index >= 15 is 0 Å². The number of rotatable bonds is 8. The van der Waals surface area contributed by atoms with Crippen LogP contribution in [0.5, 0.6) is 0 Å². The largest absolute Gasteiger partial charge is 0.419 e. The lowest BCUT2D eigenvalue weighted by atomic mass is 9.93. The van der Waals surface area contributed by atoms with E-state index in [9.17, 15) is 4.79 Å². The van der Waals surface area contributed by atoms with E-state index in [0.717, 1.165) is 50.1 Å². The summed E-state index contributed by atoms with van der Waals surface area (Å²) in [6.07, 6.45) is 13.8. The molecule has 186 valence electrons. The van der Waals surface area contributed by atoms with E-state index in [2.05, 4.69) is 54.0 Å². The van der Waals surface area contributed by atoms with Gasteiger partial charge in [-0.05, 0) is 18.4 Å². The van der Waals surface area contributed by atoms with E-state index < -0.39 is 0 Å². The van der Waals surface area contributed by atoms with Gasteiger partial charge in [0.15, 0.2) is 0 Å². The molecule has 3 aromatic rings. The highest BCUT2D eigenvalue weighted by Gasteiger charge is 2.42. The highest BCUT2D eigenvalue weighted by Crippen LogP contribution is 2.30. The van der Waals surface area contributed by atoms with Gasteiger partial charge >= 0.3 is 6.03 Å². The number of piperazine rings is 1. The molecule has 0 unspecified atom stereocenters. The Morgan fingerprint density at radius 3 is 2.06 bits per heavy atom. The average Bonchev–Trinajstić information content (AvgIpc) is 3.60. The van der Waals surface area contributed by atoms with Crippen molar-refractivity contribution in [1.29, 1.82) is 0 Å². The summed E-state index contributed by atoms with van der Waals surface area (Å²) in [7, 11) is 0. The number of H-pyrrole nitrogens is 2. The molecule has 1 aliphatic heterocycles. The first-order chi connectivity index (χ1) is 17.1. The second-order valence-corrected chi connectivity index (χ2v) is 9.96. The Morgan fingerprint density at radius 2 is 1.54 bits per heavy atom. The van der Waals surface area contributed by atoms with E-state index in [1.807, 2.05) is 12.4 Å². The third-order valence-corrected chi connectivity index (χ3v) is 7.74. The van der Waals surface area contributed by atoms with Gasteiger partial charge in [-0.15, -0.1) is 0 Å². The number of benzene rings is 1. The number of hydrogen-bond donors (Lipinski definition) is 3. The molecule has 4 N–H and O–H groups in total. The summed E-state index contributed by atoms with van der Waals surface area (Å²) >= 11 is 0. The molecule has 2 fully saturated rings. The lowest BCUT2D eigenvalue weighted by molar-refractivity contribution is 0.0945. The molecule has 0 atom stereocenters. The average molecular weight is 478 g/mol. The Bertz CT molecular complexity index is 1010. The smallest absolute Gasteiger partial charge is 0.348 e. The molecule has 2 aliphatic rings. The lowest BCUT2D eigenvalue weighted by Gasteiger charge is -2.44. The standard InChI is InChI=1S/C26H36N8O/c27-26(35)34(16-14-33(15-17-34)22-4-2-1-3-5-22)23-8-6-21(7-9-23)18-32(19-24-28-10-11-29-24)20-25-30-12-13-31-25/h6-13,22H,1-5,14-20H2,(H3-,27,28,29,30,31,35)/p+1. The third-order valence-electron chi connectivity index (χ3n) is 7.74. The molecule has 9 heteroatoms. The number of imidazole rings is 2. The molecule has 2 amide bonds. The zero-order chi connectivity index (χ0) is 24.1. The number of amides is 2. The maximum Gasteiger partial charge on any atom is 0.419 e. The summed E-state index contributed by atoms with van der Waals surface area (Å²) in [5.41, 5.74) is 8.18. The number of nitrogens with zero attached hydrogens (tertiary/aromatic N) is 5. The number of nitrogens with one attached hydrogen (secondary N) is 2. The Labute approximate surface area is 206 Å². The fraction of sp³-hybridized carbons (Fsp3) is 0.500. The van der Waals surface area contributed by atoms with Crippen molar-refractivity contribution >= 4 is 11.7 Å². The number of carbonyl (C=O) groups excluding carboxylic acids is 1. The van der Waals surface area contributed by atoms with E-state index in [1.165, 1.54) is 37.7 Å². The minimum atomic E-state index is -0.252. The summed E-state index contributed by atoms with van der Waals surface area (Å²) in [5.74, 6) is 1.84. The van der Waals surface area contributed by atoms with Gasteiger partial charge in [-0.25, -0.2) is 19.2 Å². The fourth-order valence-electron chi connectivity index (χ4n) is 5.74. The fourth-order valence-corrected chi connectivity index (χ4v) is 5.74. The minimum absolute atomic E-state index is 0.242. The SMILES string of the molecule is NC(=O)[N+]1(c2ccc(CN(Cc3ncc[nH]3)Cc3ncc[nH]3)cc2)CCN(C2CCCCC2)CC1. The Hall–Kier alpha value is -3.01. The van der Waals surface area contributed by atoms with Gasteiger partial charge in [0.2, 0.25) is 0 Å². The van der Waals surface area contributed by atoms with Crippen molar-refractivity contribution in [3.8, 4) is 0 Å². The molecule has 3 heterocycles. The quantitative estimate of drug-likeness (QED) is 0.431. The molecule has 0 bridgehead atoms. The molecular weight excluding hydrogens is 440 g/mol. The maximum atomic E-state index is 12.7. The van der Waals surface area contributed by atoms with E-state index in [-0.39, 0.29) is 10.5 Å². The first-order valence-electron chi connectivity index (χ1n) is 12.8. The zero-order valence-corrected chi connectivity index (χ0v) is 20.4. The maximum absolute atomic E-state index is 12.7. The van der Waals surface area contributed by atoms with Crippen molar-refractivity contribution in [3.63, 3.8) is 0 Å². The highest BCUT2D eigenvalue weighted by atomic mass is 16.2.